The van der Waals surface area contributed by atoms with Gasteiger partial charge in [0, 0.05) is 6.54 Å². The van der Waals surface area contributed by atoms with Crippen molar-refractivity contribution in [2.24, 2.45) is 5.92 Å². The molecule has 1 aliphatic heterocycles. The number of aliphatic hydroxyl groups excluding tert-OH is 1. The van der Waals surface area contributed by atoms with Gasteiger partial charge in [-0.05, 0) is 24.6 Å². The van der Waals surface area contributed by atoms with E-state index < -0.39 is 29.9 Å². The monoisotopic (exact) mass is 329 g/mol. The Bertz CT molecular complexity index is 722. The molecule has 2 heterocycles. The van der Waals surface area contributed by atoms with Gasteiger partial charge in [-0.3, -0.25) is 9.59 Å². The van der Waals surface area contributed by atoms with Crippen LogP contribution < -0.4 is 0 Å². The van der Waals surface area contributed by atoms with Crippen LogP contribution in [-0.2, 0) is 20.9 Å². The summed E-state index contributed by atoms with van der Waals surface area (Å²) in [6, 6.07) is 10.4. The van der Waals surface area contributed by atoms with Gasteiger partial charge in [0.25, 0.3) is 5.91 Å². The van der Waals surface area contributed by atoms with Gasteiger partial charge < -0.3 is 19.2 Å². The fraction of sp³-hybridized carbons (Fsp3) is 0.333. The number of amides is 1. The van der Waals surface area contributed by atoms with Gasteiger partial charge in [-0.1, -0.05) is 29.8 Å². The maximum Gasteiger partial charge on any atom is 0.314 e. The van der Waals surface area contributed by atoms with Crippen molar-refractivity contribution in [3.8, 4) is 0 Å². The summed E-state index contributed by atoms with van der Waals surface area (Å²) < 4.78 is 10.2. The summed E-state index contributed by atoms with van der Waals surface area (Å²) >= 11 is 0. The van der Waals surface area contributed by atoms with E-state index in [1.54, 1.807) is 12.1 Å². The van der Waals surface area contributed by atoms with Crippen molar-refractivity contribution >= 4 is 11.9 Å². The first-order chi connectivity index (χ1) is 11.5. The minimum atomic E-state index is -1.45. The molecule has 3 atom stereocenters. The lowest BCUT2D eigenvalue weighted by Crippen LogP contribution is -2.30. The zero-order chi connectivity index (χ0) is 17.3. The van der Waals surface area contributed by atoms with Crippen molar-refractivity contribution in [3.05, 3.63) is 59.5 Å². The summed E-state index contributed by atoms with van der Waals surface area (Å²) in [6.07, 6.45) is 0.0288. The molecule has 3 rings (SSSR count). The van der Waals surface area contributed by atoms with E-state index in [9.17, 15) is 14.7 Å². The molecule has 1 N–H and O–H groups in total. The second-order valence-corrected chi connectivity index (χ2v) is 5.91. The van der Waals surface area contributed by atoms with E-state index in [1.807, 2.05) is 31.2 Å². The summed E-state index contributed by atoms with van der Waals surface area (Å²) in [5.41, 5.74) is 2.02. The number of aliphatic hydroxyl groups is 1. The fourth-order valence-corrected chi connectivity index (χ4v) is 3.08. The molecule has 24 heavy (non-hydrogen) atoms. The van der Waals surface area contributed by atoms with Crippen molar-refractivity contribution in [1.82, 2.24) is 4.90 Å². The van der Waals surface area contributed by atoms with Crippen LogP contribution in [0.1, 0.15) is 22.9 Å². The first-order valence-corrected chi connectivity index (χ1v) is 7.68. The molecule has 1 aromatic heterocycles. The number of aryl methyl sites for hydroxylation is 1. The number of furan rings is 1. The van der Waals surface area contributed by atoms with E-state index in [1.165, 1.54) is 18.3 Å². The molecule has 1 saturated heterocycles. The fourth-order valence-electron chi connectivity index (χ4n) is 3.08. The Labute approximate surface area is 139 Å². The van der Waals surface area contributed by atoms with Gasteiger partial charge in [0.2, 0.25) is 0 Å². The summed E-state index contributed by atoms with van der Waals surface area (Å²) in [5.74, 6) is -1.71. The molecule has 1 aromatic carbocycles. The highest BCUT2D eigenvalue weighted by molar-refractivity contribution is 5.91. The van der Waals surface area contributed by atoms with Gasteiger partial charge in [0.1, 0.15) is 23.8 Å². The van der Waals surface area contributed by atoms with E-state index in [2.05, 4.69) is 0 Å². The molecule has 0 saturated carbocycles. The Morgan fingerprint density at radius 2 is 2.00 bits per heavy atom. The standard InChI is InChI=1S/C18H19NO5/c1-11-5-7-12(8-6-11)10-19-15(13-4-3-9-24-13)14(18(22)23-2)16(20)17(19)21/h3-9,14-16,20H,10H2,1-2H3/t14-,15+,16-/m0/s1. The van der Waals surface area contributed by atoms with Crippen LogP contribution in [0.15, 0.2) is 47.1 Å². The van der Waals surface area contributed by atoms with E-state index >= 15 is 0 Å². The summed E-state index contributed by atoms with van der Waals surface area (Å²) in [7, 11) is 1.24. The predicted octanol–water partition coefficient (Wildman–Crippen LogP) is 1.82. The maximum absolute atomic E-state index is 12.5. The maximum atomic E-state index is 12.5. The number of nitrogens with zero attached hydrogens (tertiary/aromatic N) is 1. The number of carbonyl (C=O) groups is 2. The number of rotatable bonds is 4. The molecular formula is C18H19NO5. The van der Waals surface area contributed by atoms with Crippen LogP contribution in [0.5, 0.6) is 0 Å². The Hall–Kier alpha value is -2.60. The molecule has 0 bridgehead atoms. The van der Waals surface area contributed by atoms with Crippen LogP contribution in [0.3, 0.4) is 0 Å². The van der Waals surface area contributed by atoms with Crippen molar-refractivity contribution in [2.45, 2.75) is 25.6 Å². The molecule has 0 unspecified atom stereocenters. The largest absolute Gasteiger partial charge is 0.469 e. The lowest BCUT2D eigenvalue weighted by atomic mass is 9.96. The zero-order valence-corrected chi connectivity index (χ0v) is 13.5. The Balaban J connectivity index is 1.97. The van der Waals surface area contributed by atoms with Crippen LogP contribution >= 0.6 is 0 Å². The molecular weight excluding hydrogens is 310 g/mol. The number of methoxy groups -OCH3 is 1. The smallest absolute Gasteiger partial charge is 0.314 e. The van der Waals surface area contributed by atoms with Gasteiger partial charge in [-0.2, -0.15) is 0 Å². The summed E-state index contributed by atoms with van der Waals surface area (Å²) in [4.78, 5) is 26.1. The third-order valence-electron chi connectivity index (χ3n) is 4.33. The van der Waals surface area contributed by atoms with Gasteiger partial charge >= 0.3 is 5.97 Å². The molecule has 126 valence electrons. The summed E-state index contributed by atoms with van der Waals surface area (Å²) in [6.45, 7) is 2.25. The molecule has 0 aliphatic carbocycles. The van der Waals surface area contributed by atoms with Crippen LogP contribution in [0.25, 0.3) is 0 Å². The number of esters is 1. The van der Waals surface area contributed by atoms with Crippen LogP contribution in [0.4, 0.5) is 0 Å². The number of likely N-dealkylation sites (tertiary alicyclic amines) is 1. The molecule has 6 nitrogen and oxygen atoms in total. The average molecular weight is 329 g/mol. The number of ether oxygens (including phenoxy) is 1. The predicted molar refractivity (Wildman–Crippen MR) is 84.7 cm³/mol. The van der Waals surface area contributed by atoms with Crippen molar-refractivity contribution in [3.63, 3.8) is 0 Å². The third kappa shape index (κ3) is 2.80. The molecule has 1 amide bonds. The zero-order valence-electron chi connectivity index (χ0n) is 13.5. The van der Waals surface area contributed by atoms with Crippen molar-refractivity contribution in [1.29, 1.82) is 0 Å². The minimum absolute atomic E-state index is 0.273. The second-order valence-electron chi connectivity index (χ2n) is 5.91. The van der Waals surface area contributed by atoms with E-state index in [-0.39, 0.29) is 6.54 Å². The number of carbonyl (C=O) groups excluding carboxylic acids is 2. The molecule has 6 heteroatoms. The molecule has 0 spiro atoms. The third-order valence-corrected chi connectivity index (χ3v) is 4.33. The summed E-state index contributed by atoms with van der Waals surface area (Å²) in [5, 5.41) is 10.3. The Kier molecular flexibility index (Phi) is 4.40. The average Bonchev–Trinajstić information content (AvgIpc) is 3.18. The van der Waals surface area contributed by atoms with Crippen LogP contribution in [0, 0.1) is 12.8 Å². The van der Waals surface area contributed by atoms with E-state index in [0.717, 1.165) is 11.1 Å². The van der Waals surface area contributed by atoms with Gasteiger partial charge in [0.15, 0.2) is 0 Å². The second kappa shape index (κ2) is 6.49. The van der Waals surface area contributed by atoms with Gasteiger partial charge in [0.05, 0.1) is 13.4 Å². The SMILES string of the molecule is COC(=O)[C@@H]1[C@H](O)C(=O)N(Cc2ccc(C)cc2)[C@@H]1c1ccco1. The highest BCUT2D eigenvalue weighted by Crippen LogP contribution is 2.40. The first kappa shape index (κ1) is 16.3. The van der Waals surface area contributed by atoms with Crippen LogP contribution in [0.2, 0.25) is 0 Å². The topological polar surface area (TPSA) is 80.0 Å². The highest BCUT2D eigenvalue weighted by Gasteiger charge is 2.53. The lowest BCUT2D eigenvalue weighted by molar-refractivity contribution is -0.150. The van der Waals surface area contributed by atoms with E-state index in [4.69, 9.17) is 9.15 Å². The van der Waals surface area contributed by atoms with Gasteiger partial charge in [-0.15, -0.1) is 0 Å². The Morgan fingerprint density at radius 1 is 1.29 bits per heavy atom. The Morgan fingerprint density at radius 3 is 2.58 bits per heavy atom. The number of hydrogen-bond acceptors (Lipinski definition) is 5. The minimum Gasteiger partial charge on any atom is -0.469 e. The quantitative estimate of drug-likeness (QED) is 0.866. The van der Waals surface area contributed by atoms with Crippen molar-refractivity contribution in [2.75, 3.05) is 7.11 Å². The highest BCUT2D eigenvalue weighted by atomic mass is 16.5. The van der Waals surface area contributed by atoms with Gasteiger partial charge in [-0.25, -0.2) is 0 Å². The van der Waals surface area contributed by atoms with Crippen LogP contribution in [-0.4, -0.2) is 35.1 Å². The normalized spacial score (nSPS) is 23.5. The van der Waals surface area contributed by atoms with Crippen molar-refractivity contribution < 1.29 is 23.8 Å². The lowest BCUT2D eigenvalue weighted by Gasteiger charge is -2.25. The molecule has 2 aromatic rings. The first-order valence-electron chi connectivity index (χ1n) is 7.68. The van der Waals surface area contributed by atoms with E-state index in [0.29, 0.717) is 5.76 Å². The molecule has 0 radical (unpaired) electrons. The molecule has 1 aliphatic rings. The number of benzene rings is 1. The molecule has 1 fully saturated rings. The number of hydrogen-bond donors (Lipinski definition) is 1.